The Morgan fingerprint density at radius 2 is 2.11 bits per heavy atom. The first-order valence-corrected chi connectivity index (χ1v) is 7.32. The average molecular weight is 258 g/mol. The minimum absolute atomic E-state index is 0.0676. The Hall–Kier alpha value is -1.31. The summed E-state index contributed by atoms with van der Waals surface area (Å²) in [5.41, 5.74) is 4.47. The highest BCUT2D eigenvalue weighted by molar-refractivity contribution is 5.59. The molecule has 0 bridgehead atoms. The van der Waals surface area contributed by atoms with E-state index in [2.05, 4.69) is 62.1 Å². The normalized spacial score (nSPS) is 15.3. The van der Waals surface area contributed by atoms with E-state index < -0.39 is 0 Å². The first-order chi connectivity index (χ1) is 8.96. The van der Waals surface area contributed by atoms with E-state index in [1.165, 1.54) is 29.7 Å². The third kappa shape index (κ3) is 4.09. The molecule has 19 heavy (non-hydrogen) atoms. The Morgan fingerprint density at radius 1 is 1.32 bits per heavy atom. The van der Waals surface area contributed by atoms with Crippen molar-refractivity contribution >= 4 is 11.9 Å². The Morgan fingerprint density at radius 3 is 2.84 bits per heavy atom. The predicted octanol–water partition coefficient (Wildman–Crippen LogP) is 3.87. The van der Waals surface area contributed by atoms with Gasteiger partial charge in [0.15, 0.2) is 0 Å². The molecule has 0 unspecified atom stereocenters. The third-order valence-electron chi connectivity index (χ3n) is 3.55. The molecule has 0 fully saturated rings. The summed E-state index contributed by atoms with van der Waals surface area (Å²) in [6, 6.07) is 6.95. The number of nitrogens with zero attached hydrogens (tertiary/aromatic N) is 2. The molecule has 0 aromatic heterocycles. The van der Waals surface area contributed by atoms with Crippen LogP contribution in [0.25, 0.3) is 0 Å². The van der Waals surface area contributed by atoms with Gasteiger partial charge in [-0.25, -0.2) is 0 Å². The van der Waals surface area contributed by atoms with Crippen LogP contribution in [-0.2, 0) is 12.8 Å². The van der Waals surface area contributed by atoms with Crippen LogP contribution in [0.2, 0.25) is 0 Å². The summed E-state index contributed by atoms with van der Waals surface area (Å²) in [7, 11) is 2.18. The molecule has 1 aromatic carbocycles. The van der Waals surface area contributed by atoms with Crippen molar-refractivity contribution in [1.29, 1.82) is 0 Å². The second kappa shape index (κ2) is 5.77. The van der Waals surface area contributed by atoms with Crippen molar-refractivity contribution in [3.8, 4) is 0 Å². The van der Waals surface area contributed by atoms with E-state index in [-0.39, 0.29) is 5.54 Å². The number of hydrogen-bond donors (Lipinski definition) is 0. The molecule has 2 rings (SSSR count). The molecule has 0 spiro atoms. The zero-order valence-electron chi connectivity index (χ0n) is 12.7. The Balaban J connectivity index is 1.83. The maximum Gasteiger partial charge on any atom is 0.0520 e. The topological polar surface area (TPSA) is 15.6 Å². The molecule has 0 radical (unpaired) electrons. The summed E-state index contributed by atoms with van der Waals surface area (Å²) in [6.45, 7) is 7.58. The number of likely N-dealkylation sites (N-methyl/N-ethyl adjacent to an activating group) is 1. The van der Waals surface area contributed by atoms with Crippen molar-refractivity contribution in [1.82, 2.24) is 0 Å². The second-order valence-electron chi connectivity index (χ2n) is 6.51. The molecule has 0 atom stereocenters. The first-order valence-electron chi connectivity index (χ1n) is 7.32. The van der Waals surface area contributed by atoms with Crippen LogP contribution in [-0.4, -0.2) is 25.3 Å². The van der Waals surface area contributed by atoms with E-state index in [0.29, 0.717) is 0 Å². The zero-order valence-corrected chi connectivity index (χ0v) is 12.7. The van der Waals surface area contributed by atoms with E-state index in [0.717, 1.165) is 19.4 Å². The van der Waals surface area contributed by atoms with Crippen molar-refractivity contribution in [2.24, 2.45) is 4.99 Å². The van der Waals surface area contributed by atoms with Crippen molar-refractivity contribution < 1.29 is 0 Å². The van der Waals surface area contributed by atoms with Crippen LogP contribution in [0.15, 0.2) is 23.2 Å². The fourth-order valence-electron chi connectivity index (χ4n) is 2.51. The van der Waals surface area contributed by atoms with E-state index >= 15 is 0 Å². The van der Waals surface area contributed by atoms with E-state index in [4.69, 9.17) is 0 Å². The molecule has 2 heteroatoms. The van der Waals surface area contributed by atoms with Crippen molar-refractivity contribution in [2.45, 2.75) is 52.0 Å². The lowest BCUT2D eigenvalue weighted by atomic mass is 10.0. The molecule has 0 aliphatic carbocycles. The van der Waals surface area contributed by atoms with Crippen LogP contribution in [0.5, 0.6) is 0 Å². The predicted molar refractivity (Wildman–Crippen MR) is 84.6 cm³/mol. The lowest BCUT2D eigenvalue weighted by molar-refractivity contribution is 0.584. The van der Waals surface area contributed by atoms with Gasteiger partial charge in [0, 0.05) is 19.3 Å². The fraction of sp³-hybridized carbons (Fsp3) is 0.588. The molecule has 0 saturated carbocycles. The number of rotatable bonds is 4. The van der Waals surface area contributed by atoms with Gasteiger partial charge in [0.2, 0.25) is 0 Å². The Labute approximate surface area is 117 Å². The smallest absolute Gasteiger partial charge is 0.0520 e. The van der Waals surface area contributed by atoms with E-state index in [1.807, 2.05) is 0 Å². The van der Waals surface area contributed by atoms with Crippen LogP contribution in [0.3, 0.4) is 0 Å². The summed E-state index contributed by atoms with van der Waals surface area (Å²) in [4.78, 5) is 6.87. The summed E-state index contributed by atoms with van der Waals surface area (Å²) in [5, 5.41) is 0. The van der Waals surface area contributed by atoms with Crippen LogP contribution in [0, 0.1) is 0 Å². The Bertz CT molecular complexity index is 455. The number of anilines is 1. The van der Waals surface area contributed by atoms with Crippen LogP contribution in [0.4, 0.5) is 5.69 Å². The minimum Gasteiger partial charge on any atom is -0.374 e. The van der Waals surface area contributed by atoms with E-state index in [9.17, 15) is 0 Å². The van der Waals surface area contributed by atoms with Gasteiger partial charge in [-0.15, -0.1) is 0 Å². The number of aliphatic imine (C=N–C) groups is 1. The van der Waals surface area contributed by atoms with Gasteiger partial charge >= 0.3 is 0 Å². The number of unbranched alkanes of at least 4 members (excludes halogenated alkanes) is 1. The zero-order chi connectivity index (χ0) is 13.9. The van der Waals surface area contributed by atoms with Gasteiger partial charge in [-0.1, -0.05) is 12.1 Å². The molecule has 1 aliphatic heterocycles. The molecule has 0 saturated heterocycles. The summed E-state index contributed by atoms with van der Waals surface area (Å²) in [6.07, 6.45) is 6.71. The minimum atomic E-state index is 0.0676. The van der Waals surface area contributed by atoms with Gasteiger partial charge in [0.05, 0.1) is 5.54 Å². The molecule has 2 nitrogen and oxygen atoms in total. The SMILES string of the molecule is CN1CCc2cc(CCCC=NC(C)(C)C)ccc21. The quantitative estimate of drug-likeness (QED) is 0.591. The Kier molecular flexibility index (Phi) is 4.28. The number of aryl methyl sites for hydroxylation is 1. The number of fused-ring (bicyclic) bond motifs is 1. The first kappa shape index (κ1) is 14.1. The fourth-order valence-corrected chi connectivity index (χ4v) is 2.51. The molecule has 1 heterocycles. The summed E-state index contributed by atoms with van der Waals surface area (Å²) < 4.78 is 0. The number of hydrogen-bond acceptors (Lipinski definition) is 2. The monoisotopic (exact) mass is 258 g/mol. The largest absolute Gasteiger partial charge is 0.374 e. The lowest BCUT2D eigenvalue weighted by Gasteiger charge is -2.12. The second-order valence-corrected chi connectivity index (χ2v) is 6.51. The standard InChI is InChI=1S/C17H26N2/c1-17(2,3)18-11-6-5-7-14-8-9-16-15(13-14)10-12-19(16)4/h8-9,11,13H,5-7,10,12H2,1-4H3. The summed E-state index contributed by atoms with van der Waals surface area (Å²) >= 11 is 0. The average Bonchev–Trinajstić information content (AvgIpc) is 2.69. The molecule has 104 valence electrons. The highest BCUT2D eigenvalue weighted by Crippen LogP contribution is 2.27. The highest BCUT2D eigenvalue weighted by Gasteiger charge is 2.15. The van der Waals surface area contributed by atoms with Gasteiger partial charge in [-0.3, -0.25) is 4.99 Å². The van der Waals surface area contributed by atoms with Gasteiger partial charge in [0.25, 0.3) is 0 Å². The maximum absolute atomic E-state index is 4.52. The van der Waals surface area contributed by atoms with Gasteiger partial charge in [-0.2, -0.15) is 0 Å². The van der Waals surface area contributed by atoms with Gasteiger partial charge in [0.1, 0.15) is 0 Å². The lowest BCUT2D eigenvalue weighted by Crippen LogP contribution is -2.12. The molecular weight excluding hydrogens is 232 g/mol. The third-order valence-corrected chi connectivity index (χ3v) is 3.55. The molecule has 0 N–H and O–H groups in total. The van der Waals surface area contributed by atoms with Crippen molar-refractivity contribution in [2.75, 3.05) is 18.5 Å². The maximum atomic E-state index is 4.52. The highest BCUT2D eigenvalue weighted by atomic mass is 15.1. The van der Waals surface area contributed by atoms with Crippen LogP contribution >= 0.6 is 0 Å². The van der Waals surface area contributed by atoms with Crippen molar-refractivity contribution in [3.05, 3.63) is 29.3 Å². The van der Waals surface area contributed by atoms with E-state index in [1.54, 1.807) is 0 Å². The van der Waals surface area contributed by atoms with Crippen molar-refractivity contribution in [3.63, 3.8) is 0 Å². The summed E-state index contributed by atoms with van der Waals surface area (Å²) in [5.74, 6) is 0. The van der Waals surface area contributed by atoms with Gasteiger partial charge < -0.3 is 4.90 Å². The van der Waals surface area contributed by atoms with Gasteiger partial charge in [-0.05, 0) is 69.9 Å². The molecular formula is C17H26N2. The molecule has 0 amide bonds. The number of benzene rings is 1. The van der Waals surface area contributed by atoms with Crippen LogP contribution < -0.4 is 4.90 Å². The molecule has 1 aliphatic rings. The van der Waals surface area contributed by atoms with Crippen LogP contribution in [0.1, 0.15) is 44.7 Å². The molecule has 1 aromatic rings.